The van der Waals surface area contributed by atoms with Crippen LogP contribution >= 0.6 is 11.8 Å². The topological polar surface area (TPSA) is 90.4 Å². The Hall–Kier alpha value is -4.08. The van der Waals surface area contributed by atoms with Gasteiger partial charge < -0.3 is 24.5 Å². The second kappa shape index (κ2) is 14.4. The van der Waals surface area contributed by atoms with Crippen LogP contribution in [0, 0.1) is 17.8 Å². The molecule has 3 aromatic rings. The van der Waals surface area contributed by atoms with Gasteiger partial charge in [-0.25, -0.2) is 0 Å². The minimum absolute atomic E-state index is 0.0644. The lowest BCUT2D eigenvalue weighted by atomic mass is 9.70. The molecule has 3 aromatic carbocycles. The summed E-state index contributed by atoms with van der Waals surface area (Å²) in [6.07, 6.45) is 5.48. The van der Waals surface area contributed by atoms with Crippen LogP contribution in [0.5, 0.6) is 5.75 Å². The van der Waals surface area contributed by atoms with E-state index in [-0.39, 0.29) is 48.6 Å². The maximum Gasteiger partial charge on any atom is 0.251 e. The summed E-state index contributed by atoms with van der Waals surface area (Å²) >= 11 is 1.64. The average molecular weight is 682 g/mol. The second-order valence-corrected chi connectivity index (χ2v) is 15.0. The van der Waals surface area contributed by atoms with E-state index >= 15 is 4.79 Å². The fourth-order valence-electron chi connectivity index (χ4n) is 8.29. The maximum atomic E-state index is 15.2. The zero-order chi connectivity index (χ0) is 34.9. The van der Waals surface area contributed by atoms with Crippen molar-refractivity contribution < 1.29 is 24.2 Å². The molecule has 3 amide bonds. The van der Waals surface area contributed by atoms with Gasteiger partial charge in [0.2, 0.25) is 11.8 Å². The van der Waals surface area contributed by atoms with E-state index in [2.05, 4.69) is 13.2 Å². The molecule has 1 spiro atoms. The van der Waals surface area contributed by atoms with Gasteiger partial charge in [-0.15, -0.1) is 24.9 Å². The molecule has 3 saturated heterocycles. The summed E-state index contributed by atoms with van der Waals surface area (Å²) in [6.45, 7) is 14.6. The van der Waals surface area contributed by atoms with Gasteiger partial charge in [0.25, 0.3) is 5.91 Å². The third-order valence-electron chi connectivity index (χ3n) is 10.8. The largest absolute Gasteiger partial charge is 0.494 e. The van der Waals surface area contributed by atoms with E-state index in [9.17, 15) is 14.7 Å². The number of aliphatic hydroxyl groups excluding tert-OH is 1. The smallest absolute Gasteiger partial charge is 0.251 e. The number of aliphatic hydroxyl groups is 1. The molecule has 258 valence electrons. The van der Waals surface area contributed by atoms with Gasteiger partial charge in [-0.3, -0.25) is 14.4 Å². The van der Waals surface area contributed by atoms with E-state index in [0.29, 0.717) is 24.5 Å². The van der Waals surface area contributed by atoms with Crippen LogP contribution in [0.25, 0.3) is 10.8 Å². The minimum Gasteiger partial charge on any atom is -0.494 e. The van der Waals surface area contributed by atoms with Crippen molar-refractivity contribution in [2.45, 2.75) is 62.1 Å². The molecule has 9 heteroatoms. The number of likely N-dealkylation sites (tertiary alicyclic amines) is 1. The van der Waals surface area contributed by atoms with Crippen LogP contribution in [0.1, 0.15) is 40.0 Å². The first kappa shape index (κ1) is 34.8. The standard InChI is InChI=1S/C40H47N3O5S/c1-6-22-41(29-16-18-31(19-17-29)48-9-4)37(45)34-33-20-21-40(49-33)35(34)38(46)43(32(25-44)26(5)8-3)36(40)39(47)42(23-7-2)30-15-14-27-12-10-11-13-28(27)24-30/h6-7,10-19,24,26,32-36,44H,1-2,8-9,20-23,25H2,3-5H3/t26-,32-,33-,34+,35-,36?,40?/m0/s1. The van der Waals surface area contributed by atoms with Gasteiger partial charge in [0.1, 0.15) is 11.8 Å². The number of amides is 3. The Kier molecular flexibility index (Phi) is 10.2. The monoisotopic (exact) mass is 681 g/mol. The van der Waals surface area contributed by atoms with Crippen molar-refractivity contribution in [2.24, 2.45) is 17.8 Å². The number of fused-ring (bicyclic) bond motifs is 2. The van der Waals surface area contributed by atoms with Crippen molar-refractivity contribution in [2.75, 3.05) is 36.1 Å². The Morgan fingerprint density at radius 3 is 2.29 bits per heavy atom. The van der Waals surface area contributed by atoms with Crippen LogP contribution in [0.3, 0.4) is 0 Å². The molecule has 0 saturated carbocycles. The quantitative estimate of drug-likeness (QED) is 0.196. The highest BCUT2D eigenvalue weighted by molar-refractivity contribution is 8.02. The number of rotatable bonds is 14. The molecule has 3 aliphatic heterocycles. The highest BCUT2D eigenvalue weighted by Gasteiger charge is 2.75. The van der Waals surface area contributed by atoms with Gasteiger partial charge in [-0.1, -0.05) is 62.8 Å². The third kappa shape index (κ3) is 5.95. The average Bonchev–Trinajstić information content (AvgIpc) is 3.77. The van der Waals surface area contributed by atoms with Gasteiger partial charge in [0.05, 0.1) is 35.8 Å². The lowest BCUT2D eigenvalue weighted by molar-refractivity contribution is -0.143. The number of hydrogen-bond acceptors (Lipinski definition) is 6. The van der Waals surface area contributed by atoms with E-state index in [1.54, 1.807) is 38.6 Å². The molecule has 0 aromatic heterocycles. The third-order valence-corrected chi connectivity index (χ3v) is 12.7. The van der Waals surface area contributed by atoms with Crippen LogP contribution in [-0.4, -0.2) is 76.1 Å². The predicted octanol–water partition coefficient (Wildman–Crippen LogP) is 6.47. The van der Waals surface area contributed by atoms with Crippen LogP contribution in [0.15, 0.2) is 92.0 Å². The molecule has 3 heterocycles. The molecule has 3 fully saturated rings. The highest BCUT2D eigenvalue weighted by atomic mass is 32.2. The molecule has 1 N–H and O–H groups in total. The number of carbonyl (C=O) groups is 3. The van der Waals surface area contributed by atoms with Crippen LogP contribution < -0.4 is 14.5 Å². The normalized spacial score (nSPS) is 25.1. The number of thioether (sulfide) groups is 1. The Labute approximate surface area is 293 Å². The summed E-state index contributed by atoms with van der Waals surface area (Å²) in [5, 5.41) is 12.8. The molecule has 49 heavy (non-hydrogen) atoms. The van der Waals surface area contributed by atoms with Gasteiger partial charge in [-0.2, -0.15) is 0 Å². The fourth-order valence-corrected chi connectivity index (χ4v) is 10.5. The first-order valence-corrected chi connectivity index (χ1v) is 18.3. The Morgan fingerprint density at radius 2 is 1.65 bits per heavy atom. The zero-order valence-electron chi connectivity index (χ0n) is 28.7. The summed E-state index contributed by atoms with van der Waals surface area (Å²) in [5.41, 5.74) is 1.42. The molecule has 0 radical (unpaired) electrons. The van der Waals surface area contributed by atoms with Crippen LogP contribution in [-0.2, 0) is 14.4 Å². The first-order valence-electron chi connectivity index (χ1n) is 17.4. The summed E-state index contributed by atoms with van der Waals surface area (Å²) in [5.74, 6) is -1.24. The molecule has 2 unspecified atom stereocenters. The molecular weight excluding hydrogens is 635 g/mol. The molecule has 2 bridgehead atoms. The Bertz CT molecular complexity index is 1730. The number of hydrogen-bond donors (Lipinski definition) is 1. The lowest BCUT2D eigenvalue weighted by Gasteiger charge is -2.41. The molecule has 8 nitrogen and oxygen atoms in total. The van der Waals surface area contributed by atoms with Gasteiger partial charge in [0.15, 0.2) is 0 Å². The number of ether oxygens (including phenoxy) is 1. The fraction of sp³-hybridized carbons (Fsp3) is 0.425. The SMILES string of the molecule is C=CCN(C(=O)C1N([C@@H](CO)[C@@H](C)CC)C(=O)[C@@H]2[C@H](C(=O)N(CC=C)c3ccc(OCC)cc3)[C@@H]3CCC12S3)c1ccc2ccccc2c1. The molecule has 0 aliphatic carbocycles. The van der Waals surface area contributed by atoms with Gasteiger partial charge >= 0.3 is 0 Å². The maximum absolute atomic E-state index is 15.2. The molecule has 3 aliphatic rings. The van der Waals surface area contributed by atoms with E-state index in [4.69, 9.17) is 4.74 Å². The molecule has 6 rings (SSSR count). The van der Waals surface area contributed by atoms with E-state index in [0.717, 1.165) is 29.3 Å². The summed E-state index contributed by atoms with van der Waals surface area (Å²) in [6, 6.07) is 19.9. The van der Waals surface area contributed by atoms with Crippen LogP contribution in [0.4, 0.5) is 11.4 Å². The van der Waals surface area contributed by atoms with Crippen molar-refractivity contribution in [3.8, 4) is 5.75 Å². The van der Waals surface area contributed by atoms with Crippen molar-refractivity contribution >= 4 is 51.6 Å². The van der Waals surface area contributed by atoms with Crippen molar-refractivity contribution in [1.29, 1.82) is 0 Å². The summed E-state index contributed by atoms with van der Waals surface area (Å²) in [4.78, 5) is 49.9. The Balaban J connectivity index is 1.43. The van der Waals surface area contributed by atoms with Crippen molar-refractivity contribution in [3.63, 3.8) is 0 Å². The predicted molar refractivity (Wildman–Crippen MR) is 198 cm³/mol. The first-order chi connectivity index (χ1) is 23.7. The summed E-state index contributed by atoms with van der Waals surface area (Å²) < 4.78 is 4.82. The van der Waals surface area contributed by atoms with Gasteiger partial charge in [-0.05, 0) is 72.9 Å². The van der Waals surface area contributed by atoms with E-state index < -0.39 is 28.7 Å². The molecule has 7 atom stereocenters. The zero-order valence-corrected chi connectivity index (χ0v) is 29.5. The minimum atomic E-state index is -0.853. The summed E-state index contributed by atoms with van der Waals surface area (Å²) in [7, 11) is 0. The van der Waals surface area contributed by atoms with Gasteiger partial charge in [0, 0.05) is 29.7 Å². The van der Waals surface area contributed by atoms with Crippen molar-refractivity contribution in [3.05, 3.63) is 92.0 Å². The highest BCUT2D eigenvalue weighted by Crippen LogP contribution is 2.67. The lowest BCUT2D eigenvalue weighted by Crippen LogP contribution is -2.58. The van der Waals surface area contributed by atoms with Crippen molar-refractivity contribution in [1.82, 2.24) is 4.90 Å². The number of carbonyl (C=O) groups excluding carboxylic acids is 3. The number of benzene rings is 3. The second-order valence-electron chi connectivity index (χ2n) is 13.4. The van der Waals surface area contributed by atoms with E-state index in [1.165, 1.54) is 0 Å². The van der Waals surface area contributed by atoms with E-state index in [1.807, 2.05) is 87.5 Å². The number of nitrogens with zero attached hydrogens (tertiary/aromatic N) is 3. The van der Waals surface area contributed by atoms with Crippen LogP contribution in [0.2, 0.25) is 0 Å². The Morgan fingerprint density at radius 1 is 1.00 bits per heavy atom. The number of anilines is 2. The molecular formula is C40H47N3O5S.